The van der Waals surface area contributed by atoms with E-state index in [2.05, 4.69) is 15.2 Å². The van der Waals surface area contributed by atoms with E-state index < -0.39 is 0 Å². The zero-order valence-electron chi connectivity index (χ0n) is 14.1. The molecule has 0 aliphatic carbocycles. The summed E-state index contributed by atoms with van der Waals surface area (Å²) in [5.41, 5.74) is 0.552. The van der Waals surface area contributed by atoms with Crippen LogP contribution in [0, 0.1) is 0 Å². The molecule has 2 amide bonds. The van der Waals surface area contributed by atoms with Crippen LogP contribution in [0.3, 0.4) is 0 Å². The summed E-state index contributed by atoms with van der Waals surface area (Å²) in [6.45, 7) is 3.83. The standard InChI is InChI=1S/C17H25ClN4O2/c1-21(17(23)20-15-3-2-8-19-16(15)18)13-4-9-22(10-5-13)14-6-11-24-12-7-14/h2-3,8,13-14H,4-7,9-12H2,1H3,(H,20,23). The number of anilines is 1. The van der Waals surface area contributed by atoms with Crippen molar-refractivity contribution in [2.75, 3.05) is 38.7 Å². The normalized spacial score (nSPS) is 20.8. The highest BCUT2D eigenvalue weighted by Gasteiger charge is 2.29. The molecule has 1 N–H and O–H groups in total. The monoisotopic (exact) mass is 352 g/mol. The maximum Gasteiger partial charge on any atom is 0.321 e. The molecule has 0 aromatic carbocycles. The van der Waals surface area contributed by atoms with Gasteiger partial charge in [0, 0.05) is 51.6 Å². The average Bonchev–Trinajstić information content (AvgIpc) is 2.64. The van der Waals surface area contributed by atoms with Crippen LogP contribution in [0.2, 0.25) is 5.15 Å². The van der Waals surface area contributed by atoms with E-state index in [-0.39, 0.29) is 12.1 Å². The Balaban J connectivity index is 1.50. The second-order valence-corrected chi connectivity index (χ2v) is 6.85. The molecule has 0 radical (unpaired) electrons. The number of ether oxygens (including phenoxy) is 1. The lowest BCUT2D eigenvalue weighted by Crippen LogP contribution is -2.50. The lowest BCUT2D eigenvalue weighted by molar-refractivity contribution is 0.0190. The Hall–Kier alpha value is -1.37. The van der Waals surface area contributed by atoms with Gasteiger partial charge < -0.3 is 19.9 Å². The zero-order valence-corrected chi connectivity index (χ0v) is 14.8. The van der Waals surface area contributed by atoms with Crippen LogP contribution in [0.15, 0.2) is 18.3 Å². The third-order valence-electron chi connectivity index (χ3n) is 5.08. The van der Waals surface area contributed by atoms with Crippen LogP contribution >= 0.6 is 11.6 Å². The number of carbonyl (C=O) groups is 1. The Morgan fingerprint density at radius 1 is 1.33 bits per heavy atom. The number of amides is 2. The van der Waals surface area contributed by atoms with Crippen molar-refractivity contribution < 1.29 is 9.53 Å². The summed E-state index contributed by atoms with van der Waals surface area (Å²) in [6, 6.07) is 4.29. The maximum absolute atomic E-state index is 12.4. The van der Waals surface area contributed by atoms with Crippen LogP contribution in [0.1, 0.15) is 25.7 Å². The highest BCUT2D eigenvalue weighted by molar-refractivity contribution is 6.32. The molecule has 0 spiro atoms. The summed E-state index contributed by atoms with van der Waals surface area (Å²) in [4.78, 5) is 20.8. The van der Waals surface area contributed by atoms with Gasteiger partial charge in [-0.05, 0) is 37.8 Å². The van der Waals surface area contributed by atoms with Crippen LogP contribution in [-0.4, -0.2) is 66.2 Å². The second kappa shape index (κ2) is 8.14. The van der Waals surface area contributed by atoms with Crippen LogP contribution in [0.4, 0.5) is 10.5 Å². The number of rotatable bonds is 3. The molecule has 2 aliphatic rings. The molecule has 0 saturated carbocycles. The van der Waals surface area contributed by atoms with E-state index in [0.29, 0.717) is 16.9 Å². The first kappa shape index (κ1) is 17.5. The molecule has 0 atom stereocenters. The van der Waals surface area contributed by atoms with Crippen LogP contribution in [-0.2, 0) is 4.74 Å². The Labute approximate surface area is 148 Å². The number of likely N-dealkylation sites (tertiary alicyclic amines) is 1. The number of carbonyl (C=O) groups excluding carboxylic acids is 1. The maximum atomic E-state index is 12.4. The topological polar surface area (TPSA) is 57.7 Å². The fraction of sp³-hybridized carbons (Fsp3) is 0.647. The molecule has 0 bridgehead atoms. The summed E-state index contributed by atoms with van der Waals surface area (Å²) in [5, 5.41) is 3.16. The number of urea groups is 1. The zero-order chi connectivity index (χ0) is 16.9. The van der Waals surface area contributed by atoms with E-state index in [9.17, 15) is 4.79 Å². The van der Waals surface area contributed by atoms with Gasteiger partial charge in [-0.2, -0.15) is 0 Å². The minimum atomic E-state index is -0.130. The second-order valence-electron chi connectivity index (χ2n) is 6.49. The van der Waals surface area contributed by atoms with Crippen molar-refractivity contribution in [1.82, 2.24) is 14.8 Å². The molecule has 2 fully saturated rings. The highest BCUT2D eigenvalue weighted by Crippen LogP contribution is 2.23. The summed E-state index contributed by atoms with van der Waals surface area (Å²) >= 11 is 6.00. The van der Waals surface area contributed by atoms with Crippen molar-refractivity contribution in [1.29, 1.82) is 0 Å². The van der Waals surface area contributed by atoms with Crippen molar-refractivity contribution in [2.45, 2.75) is 37.8 Å². The molecule has 3 heterocycles. The Morgan fingerprint density at radius 3 is 2.71 bits per heavy atom. The first-order valence-electron chi connectivity index (χ1n) is 8.61. The highest BCUT2D eigenvalue weighted by atomic mass is 35.5. The van der Waals surface area contributed by atoms with E-state index in [1.807, 2.05) is 7.05 Å². The van der Waals surface area contributed by atoms with Gasteiger partial charge in [0.05, 0.1) is 5.69 Å². The van der Waals surface area contributed by atoms with Gasteiger partial charge in [0.25, 0.3) is 0 Å². The van der Waals surface area contributed by atoms with Crippen molar-refractivity contribution in [3.05, 3.63) is 23.5 Å². The quantitative estimate of drug-likeness (QED) is 0.850. The third-order valence-corrected chi connectivity index (χ3v) is 5.38. The van der Waals surface area contributed by atoms with Gasteiger partial charge >= 0.3 is 6.03 Å². The van der Waals surface area contributed by atoms with Gasteiger partial charge in [-0.1, -0.05) is 11.6 Å². The van der Waals surface area contributed by atoms with E-state index in [1.165, 1.54) is 0 Å². The molecular formula is C17H25ClN4O2. The molecule has 1 aromatic heterocycles. The number of hydrogen-bond donors (Lipinski definition) is 1. The SMILES string of the molecule is CN(C(=O)Nc1cccnc1Cl)C1CCN(C2CCOCC2)CC1. The van der Waals surface area contributed by atoms with Crippen molar-refractivity contribution in [3.63, 3.8) is 0 Å². The number of hydrogen-bond acceptors (Lipinski definition) is 4. The van der Waals surface area contributed by atoms with Crippen LogP contribution < -0.4 is 5.32 Å². The largest absolute Gasteiger partial charge is 0.381 e. The summed E-state index contributed by atoms with van der Waals surface area (Å²) in [7, 11) is 1.86. The number of nitrogens with zero attached hydrogens (tertiary/aromatic N) is 3. The van der Waals surface area contributed by atoms with E-state index in [0.717, 1.165) is 52.0 Å². The van der Waals surface area contributed by atoms with Gasteiger partial charge in [0.2, 0.25) is 0 Å². The summed E-state index contributed by atoms with van der Waals surface area (Å²) in [6.07, 6.45) is 5.86. The number of halogens is 1. The predicted octanol–water partition coefficient (Wildman–Crippen LogP) is 2.84. The lowest BCUT2D eigenvalue weighted by atomic mass is 9.99. The van der Waals surface area contributed by atoms with Crippen LogP contribution in [0.25, 0.3) is 0 Å². The van der Waals surface area contributed by atoms with Gasteiger partial charge in [-0.25, -0.2) is 9.78 Å². The third kappa shape index (κ3) is 4.18. The van der Waals surface area contributed by atoms with Crippen molar-refractivity contribution >= 4 is 23.3 Å². The number of piperidine rings is 1. The van der Waals surface area contributed by atoms with E-state index >= 15 is 0 Å². The molecule has 3 rings (SSSR count). The van der Waals surface area contributed by atoms with E-state index in [1.54, 1.807) is 23.2 Å². The van der Waals surface area contributed by atoms with Gasteiger partial charge in [0.15, 0.2) is 5.15 Å². The van der Waals surface area contributed by atoms with Crippen LogP contribution in [0.5, 0.6) is 0 Å². The molecule has 2 aliphatic heterocycles. The van der Waals surface area contributed by atoms with Crippen molar-refractivity contribution in [2.24, 2.45) is 0 Å². The number of pyridine rings is 1. The smallest absolute Gasteiger partial charge is 0.321 e. The van der Waals surface area contributed by atoms with Gasteiger partial charge in [-0.3, -0.25) is 0 Å². The molecule has 6 nitrogen and oxygen atoms in total. The first-order chi connectivity index (χ1) is 11.6. The fourth-order valence-corrected chi connectivity index (χ4v) is 3.70. The van der Waals surface area contributed by atoms with E-state index in [4.69, 9.17) is 16.3 Å². The number of nitrogens with one attached hydrogen (secondary N) is 1. The Kier molecular flexibility index (Phi) is 5.92. The molecule has 24 heavy (non-hydrogen) atoms. The Morgan fingerprint density at radius 2 is 2.04 bits per heavy atom. The minimum absolute atomic E-state index is 0.130. The average molecular weight is 353 g/mol. The molecular weight excluding hydrogens is 328 g/mol. The molecule has 7 heteroatoms. The van der Waals surface area contributed by atoms with Crippen molar-refractivity contribution in [3.8, 4) is 0 Å². The first-order valence-corrected chi connectivity index (χ1v) is 8.99. The molecule has 0 unspecified atom stereocenters. The fourth-order valence-electron chi connectivity index (χ4n) is 3.54. The molecule has 1 aromatic rings. The predicted molar refractivity (Wildman–Crippen MR) is 94.5 cm³/mol. The van der Waals surface area contributed by atoms with Gasteiger partial charge in [-0.15, -0.1) is 0 Å². The molecule has 132 valence electrons. The Bertz CT molecular complexity index is 557. The minimum Gasteiger partial charge on any atom is -0.381 e. The number of aromatic nitrogens is 1. The summed E-state index contributed by atoms with van der Waals surface area (Å²) < 4.78 is 5.44. The molecule has 2 saturated heterocycles. The van der Waals surface area contributed by atoms with Gasteiger partial charge in [0.1, 0.15) is 0 Å². The lowest BCUT2D eigenvalue weighted by Gasteiger charge is -2.41. The summed E-state index contributed by atoms with van der Waals surface area (Å²) in [5.74, 6) is 0.